The Morgan fingerprint density at radius 3 is 2.33 bits per heavy atom. The second-order valence-electron chi connectivity index (χ2n) is 5.41. The Kier molecular flexibility index (Phi) is 5.82. The van der Waals surface area contributed by atoms with Crippen molar-refractivity contribution in [2.24, 2.45) is 0 Å². The predicted octanol–water partition coefficient (Wildman–Crippen LogP) is 4.82. The van der Waals surface area contributed by atoms with Gasteiger partial charge in [0.15, 0.2) is 0 Å². The van der Waals surface area contributed by atoms with Crippen molar-refractivity contribution in [1.29, 1.82) is 0 Å². The van der Waals surface area contributed by atoms with Crippen molar-refractivity contribution < 1.29 is 19.8 Å². The van der Waals surface area contributed by atoms with E-state index in [1.54, 1.807) is 12.1 Å². The van der Waals surface area contributed by atoms with Crippen molar-refractivity contribution in [2.75, 3.05) is 5.32 Å². The first kappa shape index (κ1) is 17.8. The van der Waals surface area contributed by atoms with Gasteiger partial charge < -0.3 is 15.5 Å². The molecular weight excluding hydrogens is 330 g/mol. The first-order chi connectivity index (χ1) is 11.4. The third-order valence-corrected chi connectivity index (χ3v) is 3.85. The van der Waals surface area contributed by atoms with Crippen molar-refractivity contribution in [3.63, 3.8) is 0 Å². The molecular formula is C18H18ClNO4. The summed E-state index contributed by atoms with van der Waals surface area (Å²) in [6.45, 7) is 2.07. The Morgan fingerprint density at radius 2 is 1.71 bits per heavy atom. The van der Waals surface area contributed by atoms with Crippen LogP contribution in [-0.4, -0.2) is 22.2 Å². The maximum atomic E-state index is 11.5. The summed E-state index contributed by atoms with van der Waals surface area (Å²) in [6.07, 6.45) is 2.80. The normalized spacial score (nSPS) is 10.4. The molecule has 2 rings (SSSR count). The molecule has 0 radical (unpaired) electrons. The lowest BCUT2D eigenvalue weighted by molar-refractivity contribution is 0.0688. The van der Waals surface area contributed by atoms with Crippen LogP contribution in [0.4, 0.5) is 11.4 Å². The van der Waals surface area contributed by atoms with E-state index in [0.29, 0.717) is 10.7 Å². The molecule has 0 saturated carbocycles. The lowest BCUT2D eigenvalue weighted by Gasteiger charge is -2.13. The number of carboxylic acids is 2. The molecule has 0 aromatic heterocycles. The molecule has 0 aliphatic carbocycles. The van der Waals surface area contributed by atoms with Gasteiger partial charge >= 0.3 is 11.9 Å². The molecule has 5 nitrogen and oxygen atoms in total. The molecule has 24 heavy (non-hydrogen) atoms. The zero-order valence-electron chi connectivity index (χ0n) is 13.2. The third kappa shape index (κ3) is 4.26. The van der Waals surface area contributed by atoms with Crippen molar-refractivity contribution in [3.8, 4) is 0 Å². The van der Waals surface area contributed by atoms with Crippen molar-refractivity contribution in [1.82, 2.24) is 0 Å². The van der Waals surface area contributed by atoms with Crippen LogP contribution in [0.2, 0.25) is 5.02 Å². The van der Waals surface area contributed by atoms with Crippen LogP contribution < -0.4 is 5.32 Å². The van der Waals surface area contributed by atoms with Crippen molar-refractivity contribution >= 4 is 34.9 Å². The first-order valence-corrected chi connectivity index (χ1v) is 7.96. The summed E-state index contributed by atoms with van der Waals surface area (Å²) in [5.74, 6) is -2.19. The van der Waals surface area contributed by atoms with Gasteiger partial charge in [0, 0.05) is 5.02 Å². The van der Waals surface area contributed by atoms with E-state index in [1.165, 1.54) is 18.2 Å². The molecule has 0 aliphatic rings. The maximum Gasteiger partial charge on any atom is 0.337 e. The summed E-state index contributed by atoms with van der Waals surface area (Å²) in [4.78, 5) is 22.9. The third-order valence-electron chi connectivity index (χ3n) is 3.61. The number of hydrogen-bond donors (Lipinski definition) is 3. The minimum atomic E-state index is -1.12. The summed E-state index contributed by atoms with van der Waals surface area (Å²) < 4.78 is 0. The lowest BCUT2D eigenvalue weighted by atomic mass is 10.0. The number of unbranched alkanes of at least 4 members (excludes halogenated alkanes) is 1. The Balaban J connectivity index is 2.41. The number of aryl methyl sites for hydroxylation is 1. The smallest absolute Gasteiger partial charge is 0.337 e. The number of anilines is 2. The number of halogens is 1. The summed E-state index contributed by atoms with van der Waals surface area (Å²) in [5, 5.41) is 21.9. The fourth-order valence-electron chi connectivity index (χ4n) is 2.37. The zero-order valence-corrected chi connectivity index (χ0v) is 13.9. The van der Waals surface area contributed by atoms with Gasteiger partial charge in [-0.3, -0.25) is 0 Å². The van der Waals surface area contributed by atoms with Crippen molar-refractivity contribution in [2.45, 2.75) is 26.2 Å². The van der Waals surface area contributed by atoms with E-state index < -0.39 is 11.9 Å². The van der Waals surface area contributed by atoms with Crippen LogP contribution >= 0.6 is 11.6 Å². The first-order valence-electron chi connectivity index (χ1n) is 7.58. The molecule has 0 bridgehead atoms. The summed E-state index contributed by atoms with van der Waals surface area (Å²) in [6, 6.07) is 9.43. The molecule has 2 aromatic carbocycles. The van der Waals surface area contributed by atoms with Crippen LogP contribution in [0.15, 0.2) is 36.4 Å². The Morgan fingerprint density at radius 1 is 1.00 bits per heavy atom. The van der Waals surface area contributed by atoms with Gasteiger partial charge in [0.05, 0.1) is 22.5 Å². The average molecular weight is 348 g/mol. The number of nitrogens with one attached hydrogen (secondary N) is 1. The zero-order chi connectivity index (χ0) is 17.7. The van der Waals surface area contributed by atoms with Gasteiger partial charge in [0.2, 0.25) is 0 Å². The highest BCUT2D eigenvalue weighted by molar-refractivity contribution is 6.31. The van der Waals surface area contributed by atoms with Gasteiger partial charge in [-0.25, -0.2) is 9.59 Å². The van der Waals surface area contributed by atoms with Gasteiger partial charge in [-0.05, 0) is 48.7 Å². The van der Waals surface area contributed by atoms with Crippen LogP contribution in [0.3, 0.4) is 0 Å². The molecule has 126 valence electrons. The monoisotopic (exact) mass is 347 g/mol. The van der Waals surface area contributed by atoms with E-state index in [2.05, 4.69) is 12.2 Å². The molecule has 0 saturated heterocycles. The number of rotatable bonds is 7. The fourth-order valence-corrected chi connectivity index (χ4v) is 2.54. The summed E-state index contributed by atoms with van der Waals surface area (Å²) in [7, 11) is 0. The quantitative estimate of drug-likeness (QED) is 0.668. The predicted molar refractivity (Wildman–Crippen MR) is 93.7 cm³/mol. The Hall–Kier alpha value is -2.53. The molecule has 0 spiro atoms. The molecule has 2 aromatic rings. The molecule has 0 amide bonds. The highest BCUT2D eigenvalue weighted by Crippen LogP contribution is 2.28. The number of hydrogen-bond acceptors (Lipinski definition) is 3. The van der Waals surface area contributed by atoms with E-state index in [4.69, 9.17) is 11.6 Å². The molecule has 3 N–H and O–H groups in total. The van der Waals surface area contributed by atoms with E-state index in [0.717, 1.165) is 24.8 Å². The second kappa shape index (κ2) is 7.84. The largest absolute Gasteiger partial charge is 0.478 e. The van der Waals surface area contributed by atoms with Gasteiger partial charge in [-0.15, -0.1) is 0 Å². The van der Waals surface area contributed by atoms with Crippen LogP contribution in [-0.2, 0) is 6.42 Å². The Bertz CT molecular complexity index is 774. The Labute approximate surface area is 144 Å². The van der Waals surface area contributed by atoms with E-state index >= 15 is 0 Å². The van der Waals surface area contributed by atoms with E-state index in [1.807, 2.05) is 6.07 Å². The molecule has 0 aliphatic heterocycles. The highest BCUT2D eigenvalue weighted by atomic mass is 35.5. The highest BCUT2D eigenvalue weighted by Gasteiger charge is 2.15. The van der Waals surface area contributed by atoms with Crippen LogP contribution in [0.25, 0.3) is 0 Å². The second-order valence-corrected chi connectivity index (χ2v) is 5.85. The van der Waals surface area contributed by atoms with Crippen LogP contribution in [0.1, 0.15) is 46.0 Å². The van der Waals surface area contributed by atoms with Gasteiger partial charge in [-0.1, -0.05) is 31.0 Å². The number of benzene rings is 2. The van der Waals surface area contributed by atoms with Gasteiger partial charge in [0.25, 0.3) is 0 Å². The SMILES string of the molecule is CCCCc1ccc(Nc2cc(Cl)ccc2C(=O)O)c(C(=O)O)c1. The van der Waals surface area contributed by atoms with Crippen molar-refractivity contribution in [3.05, 3.63) is 58.1 Å². The topological polar surface area (TPSA) is 86.6 Å². The fraction of sp³-hybridized carbons (Fsp3) is 0.222. The van der Waals surface area contributed by atoms with Crippen LogP contribution in [0.5, 0.6) is 0 Å². The maximum absolute atomic E-state index is 11.5. The molecule has 0 heterocycles. The van der Waals surface area contributed by atoms with Gasteiger partial charge in [0.1, 0.15) is 0 Å². The lowest BCUT2D eigenvalue weighted by Crippen LogP contribution is -2.07. The number of carbonyl (C=O) groups is 2. The number of carboxylic acid groups (broad SMARTS) is 2. The minimum Gasteiger partial charge on any atom is -0.478 e. The van der Waals surface area contributed by atoms with E-state index in [9.17, 15) is 19.8 Å². The molecule has 0 unspecified atom stereocenters. The van der Waals surface area contributed by atoms with Gasteiger partial charge in [-0.2, -0.15) is 0 Å². The molecule has 0 fully saturated rings. The molecule has 6 heteroatoms. The average Bonchev–Trinajstić information content (AvgIpc) is 2.53. The summed E-state index contributed by atoms with van der Waals surface area (Å²) >= 11 is 5.92. The molecule has 0 atom stereocenters. The van der Waals surface area contributed by atoms with E-state index in [-0.39, 0.29) is 16.8 Å². The number of aromatic carboxylic acids is 2. The summed E-state index contributed by atoms with van der Waals surface area (Å²) in [5.41, 5.74) is 1.63. The minimum absolute atomic E-state index is 0.0193. The van der Waals surface area contributed by atoms with Crippen LogP contribution in [0, 0.1) is 0 Å². The standard InChI is InChI=1S/C18H18ClNO4/c1-2-3-4-11-5-8-15(14(9-11)18(23)24)20-16-10-12(19)6-7-13(16)17(21)22/h5-10,20H,2-4H2,1H3,(H,21,22)(H,23,24).